The summed E-state index contributed by atoms with van der Waals surface area (Å²) in [5.74, 6) is 0. The minimum atomic E-state index is 0.635. The molecule has 57 heavy (non-hydrogen) atoms. The van der Waals surface area contributed by atoms with Crippen molar-refractivity contribution in [3.8, 4) is 44.5 Å². The SMILES string of the molecule is [C-]#[N+]c1ccccc1-c1c2ccccc2c(-c2cccc3c2oc2cccc(-c4c5ccccc5c(-c5ccccc5[N+]#[C-])c5ccccc45)c23)c2ccccc12. The average Bonchev–Trinajstić information content (AvgIpc) is 3.67. The highest BCUT2D eigenvalue weighted by Crippen LogP contribution is 2.51. The Kier molecular flexibility index (Phi) is 7.30. The maximum Gasteiger partial charge on any atom is 0.194 e. The van der Waals surface area contributed by atoms with Crippen molar-refractivity contribution in [3.63, 3.8) is 0 Å². The van der Waals surface area contributed by atoms with Gasteiger partial charge in [-0.15, -0.1) is 0 Å². The lowest BCUT2D eigenvalue weighted by molar-refractivity contribution is 0.670. The molecule has 0 spiro atoms. The van der Waals surface area contributed by atoms with Gasteiger partial charge in [-0.05, 0) is 82.5 Å². The van der Waals surface area contributed by atoms with Gasteiger partial charge < -0.3 is 4.42 Å². The summed E-state index contributed by atoms with van der Waals surface area (Å²) in [5.41, 5.74) is 11.3. The Morgan fingerprint density at radius 1 is 0.298 bits per heavy atom. The summed E-state index contributed by atoms with van der Waals surface area (Å²) in [6.07, 6.45) is 0. The van der Waals surface area contributed by atoms with Gasteiger partial charge in [-0.3, -0.25) is 0 Å². The van der Waals surface area contributed by atoms with Gasteiger partial charge in [0.05, 0.1) is 13.1 Å². The fourth-order valence-corrected chi connectivity index (χ4v) is 9.24. The molecule has 0 unspecified atom stereocenters. The zero-order valence-electron chi connectivity index (χ0n) is 30.6. The summed E-state index contributed by atoms with van der Waals surface area (Å²) in [5, 5.41) is 10.9. The molecule has 0 aliphatic carbocycles. The number of furan rings is 1. The summed E-state index contributed by atoms with van der Waals surface area (Å²) in [6, 6.07) is 63.0. The van der Waals surface area contributed by atoms with E-state index < -0.39 is 0 Å². The molecular formula is C54H30N2O. The summed E-state index contributed by atoms with van der Waals surface area (Å²) in [7, 11) is 0. The second-order valence-electron chi connectivity index (χ2n) is 14.4. The van der Waals surface area contributed by atoms with Crippen molar-refractivity contribution in [2.45, 2.75) is 0 Å². The van der Waals surface area contributed by atoms with E-state index >= 15 is 0 Å². The lowest BCUT2D eigenvalue weighted by Gasteiger charge is -2.19. The van der Waals surface area contributed by atoms with Crippen LogP contribution in [0.25, 0.3) is 119 Å². The highest BCUT2D eigenvalue weighted by molar-refractivity contribution is 6.28. The van der Waals surface area contributed by atoms with Crippen LogP contribution in [-0.4, -0.2) is 0 Å². The van der Waals surface area contributed by atoms with Crippen LogP contribution >= 0.6 is 0 Å². The van der Waals surface area contributed by atoms with E-state index in [1.807, 2.05) is 36.4 Å². The predicted octanol–water partition coefficient (Wildman–Crippen LogP) is 16.0. The molecule has 262 valence electrons. The van der Waals surface area contributed by atoms with Crippen molar-refractivity contribution in [1.82, 2.24) is 0 Å². The largest absolute Gasteiger partial charge is 0.455 e. The van der Waals surface area contributed by atoms with Crippen LogP contribution in [0.4, 0.5) is 11.4 Å². The molecule has 1 heterocycles. The van der Waals surface area contributed by atoms with E-state index in [0.29, 0.717) is 11.4 Å². The van der Waals surface area contributed by atoms with Crippen LogP contribution in [0, 0.1) is 13.1 Å². The third-order valence-corrected chi connectivity index (χ3v) is 11.5. The molecule has 11 aromatic rings. The second kappa shape index (κ2) is 12.8. The molecule has 0 saturated carbocycles. The topological polar surface area (TPSA) is 21.9 Å². The average molecular weight is 723 g/mol. The monoisotopic (exact) mass is 722 g/mol. The predicted molar refractivity (Wildman–Crippen MR) is 238 cm³/mol. The first-order valence-electron chi connectivity index (χ1n) is 19.0. The number of hydrogen-bond donors (Lipinski definition) is 0. The molecule has 0 aliphatic rings. The Bertz CT molecular complexity index is 3440. The maximum absolute atomic E-state index is 8.01. The van der Waals surface area contributed by atoms with Gasteiger partial charge >= 0.3 is 0 Å². The lowest BCUT2D eigenvalue weighted by atomic mass is 9.84. The highest BCUT2D eigenvalue weighted by atomic mass is 16.3. The van der Waals surface area contributed by atoms with Crippen LogP contribution < -0.4 is 0 Å². The van der Waals surface area contributed by atoms with Crippen molar-refractivity contribution < 1.29 is 4.42 Å². The van der Waals surface area contributed by atoms with Crippen molar-refractivity contribution in [3.05, 3.63) is 205 Å². The fraction of sp³-hybridized carbons (Fsp3) is 0. The Balaban J connectivity index is 1.24. The van der Waals surface area contributed by atoms with Gasteiger partial charge in [-0.2, -0.15) is 0 Å². The van der Waals surface area contributed by atoms with Gasteiger partial charge in [0.2, 0.25) is 0 Å². The number of rotatable bonds is 4. The molecule has 0 atom stereocenters. The smallest absolute Gasteiger partial charge is 0.194 e. The molecule has 0 N–H and O–H groups in total. The van der Waals surface area contributed by atoms with E-state index in [1.54, 1.807) is 0 Å². The molecule has 0 fully saturated rings. The van der Waals surface area contributed by atoms with Crippen LogP contribution in [0.2, 0.25) is 0 Å². The molecule has 3 heteroatoms. The normalized spacial score (nSPS) is 11.5. The summed E-state index contributed by atoms with van der Waals surface area (Å²) in [4.78, 5) is 7.86. The Hall–Kier alpha value is -7.98. The van der Waals surface area contributed by atoms with Gasteiger partial charge in [0.25, 0.3) is 0 Å². The van der Waals surface area contributed by atoms with E-state index in [4.69, 9.17) is 17.6 Å². The zero-order chi connectivity index (χ0) is 38.0. The summed E-state index contributed by atoms with van der Waals surface area (Å²) in [6.45, 7) is 16.0. The first-order chi connectivity index (χ1) is 28.2. The van der Waals surface area contributed by atoms with E-state index in [-0.39, 0.29) is 0 Å². The van der Waals surface area contributed by atoms with Crippen molar-refractivity contribution >= 4 is 76.4 Å². The summed E-state index contributed by atoms with van der Waals surface area (Å²) < 4.78 is 7.02. The van der Waals surface area contributed by atoms with Crippen LogP contribution in [-0.2, 0) is 0 Å². The maximum atomic E-state index is 8.01. The molecule has 0 saturated heterocycles. The third kappa shape index (κ3) is 4.77. The molecular weight excluding hydrogens is 693 g/mol. The van der Waals surface area contributed by atoms with E-state index in [1.165, 1.54) is 0 Å². The van der Waals surface area contributed by atoms with Crippen LogP contribution in [0.3, 0.4) is 0 Å². The van der Waals surface area contributed by atoms with Crippen LogP contribution in [0.5, 0.6) is 0 Å². The van der Waals surface area contributed by atoms with Crippen molar-refractivity contribution in [2.24, 2.45) is 0 Å². The van der Waals surface area contributed by atoms with E-state index in [0.717, 1.165) is 110 Å². The molecule has 1 aromatic heterocycles. The Morgan fingerprint density at radius 2 is 0.614 bits per heavy atom. The Labute approximate surface area is 328 Å². The van der Waals surface area contributed by atoms with Gasteiger partial charge in [0, 0.05) is 21.9 Å². The molecule has 0 amide bonds. The molecule has 11 rings (SSSR count). The number of fused-ring (bicyclic) bond motifs is 7. The zero-order valence-corrected chi connectivity index (χ0v) is 30.6. The standard InChI is InChI=1S/C54H30N2O/c1-55-46-30-13-11-25-41(46)49-33-17-3-7-21-37(33)51(38-22-8-4-18-34(38)49)43-27-16-32-48-53(43)45-29-15-28-44(54(45)57-48)52-39-23-9-5-19-35(39)50(36-20-6-10-24-40(36)52)42-26-12-14-31-47(42)56-2/h3-32H. The molecule has 0 radical (unpaired) electrons. The third-order valence-electron chi connectivity index (χ3n) is 11.5. The number of benzene rings is 10. The van der Waals surface area contributed by atoms with E-state index in [9.17, 15) is 0 Å². The van der Waals surface area contributed by atoms with Crippen LogP contribution in [0.15, 0.2) is 186 Å². The van der Waals surface area contributed by atoms with E-state index in [2.05, 4.69) is 155 Å². The molecule has 0 bridgehead atoms. The van der Waals surface area contributed by atoms with Crippen LogP contribution in [0.1, 0.15) is 0 Å². The molecule has 10 aromatic carbocycles. The first-order valence-corrected chi connectivity index (χ1v) is 19.0. The van der Waals surface area contributed by atoms with Gasteiger partial charge in [-0.25, -0.2) is 9.69 Å². The number of nitrogens with zero attached hydrogens (tertiary/aromatic N) is 2. The fourth-order valence-electron chi connectivity index (χ4n) is 9.24. The second-order valence-corrected chi connectivity index (χ2v) is 14.4. The summed E-state index contributed by atoms with van der Waals surface area (Å²) >= 11 is 0. The number of hydrogen-bond acceptors (Lipinski definition) is 1. The van der Waals surface area contributed by atoms with Crippen molar-refractivity contribution in [1.29, 1.82) is 0 Å². The minimum absolute atomic E-state index is 0.635. The van der Waals surface area contributed by atoms with Crippen molar-refractivity contribution in [2.75, 3.05) is 0 Å². The highest BCUT2D eigenvalue weighted by Gasteiger charge is 2.24. The van der Waals surface area contributed by atoms with Gasteiger partial charge in [0.1, 0.15) is 11.2 Å². The van der Waals surface area contributed by atoms with Gasteiger partial charge in [-0.1, -0.05) is 176 Å². The number of para-hydroxylation sites is 3. The Morgan fingerprint density at radius 3 is 1.05 bits per heavy atom. The minimum Gasteiger partial charge on any atom is -0.455 e. The first kappa shape index (κ1) is 32.5. The lowest BCUT2D eigenvalue weighted by Crippen LogP contribution is -1.92. The molecule has 3 nitrogen and oxygen atoms in total. The van der Waals surface area contributed by atoms with Gasteiger partial charge in [0.15, 0.2) is 11.4 Å². The molecule has 0 aliphatic heterocycles. The quantitative estimate of drug-likeness (QED) is 0.131.